The quantitative estimate of drug-likeness (QED) is 0.272. The van der Waals surface area contributed by atoms with Crippen molar-refractivity contribution in [3.63, 3.8) is 0 Å². The van der Waals surface area contributed by atoms with Crippen molar-refractivity contribution in [1.29, 1.82) is 0 Å². The zero-order valence-corrected chi connectivity index (χ0v) is 9.86. The first-order valence-electron chi connectivity index (χ1n) is 5.42. The molecule has 5 heteroatoms. The van der Waals surface area contributed by atoms with Crippen molar-refractivity contribution < 1.29 is 4.74 Å². The van der Waals surface area contributed by atoms with E-state index in [0.29, 0.717) is 11.8 Å². The van der Waals surface area contributed by atoms with Crippen LogP contribution < -0.4 is 16.4 Å². The number of rotatable bonds is 5. The molecule has 1 saturated heterocycles. The van der Waals surface area contributed by atoms with Gasteiger partial charge in [-0.15, -0.1) is 0 Å². The van der Waals surface area contributed by atoms with E-state index in [4.69, 9.17) is 10.5 Å². The summed E-state index contributed by atoms with van der Waals surface area (Å²) in [4.78, 5) is 4.15. The maximum absolute atomic E-state index is 5.71. The van der Waals surface area contributed by atoms with Gasteiger partial charge < -0.3 is 21.1 Å². The molecule has 0 aromatic heterocycles. The van der Waals surface area contributed by atoms with E-state index in [2.05, 4.69) is 22.2 Å². The Labute approximate surface area is 96.5 Å². The van der Waals surface area contributed by atoms with Gasteiger partial charge in [0.2, 0.25) is 5.88 Å². The summed E-state index contributed by atoms with van der Waals surface area (Å²) in [7, 11) is 0. The van der Waals surface area contributed by atoms with E-state index < -0.39 is 0 Å². The molecule has 0 saturated carbocycles. The van der Waals surface area contributed by atoms with Crippen molar-refractivity contribution in [2.24, 2.45) is 10.7 Å². The fraction of sp³-hybridized carbons (Fsp3) is 0.545. The number of nitrogens with zero attached hydrogens (tertiary/aromatic N) is 1. The lowest BCUT2D eigenvalue weighted by atomic mass is 10.2. The van der Waals surface area contributed by atoms with Crippen LogP contribution in [0, 0.1) is 0 Å². The van der Waals surface area contributed by atoms with Crippen LogP contribution in [0.5, 0.6) is 0 Å². The number of guanidine groups is 1. The minimum Gasteiger partial charge on any atom is -0.472 e. The van der Waals surface area contributed by atoms with Gasteiger partial charge in [-0.1, -0.05) is 12.7 Å². The van der Waals surface area contributed by atoms with Gasteiger partial charge in [0.15, 0.2) is 5.96 Å². The molecule has 0 aliphatic carbocycles. The highest BCUT2D eigenvalue weighted by Crippen LogP contribution is 2.08. The predicted molar refractivity (Wildman–Crippen MR) is 65.9 cm³/mol. The van der Waals surface area contributed by atoms with Gasteiger partial charge in [-0.25, -0.2) is 0 Å². The van der Waals surface area contributed by atoms with Gasteiger partial charge in [-0.3, -0.25) is 0 Å². The molecule has 1 rings (SSSR count). The molecule has 1 aliphatic rings. The summed E-state index contributed by atoms with van der Waals surface area (Å²) in [6.07, 6.45) is 3.52. The second-order valence-electron chi connectivity index (χ2n) is 3.93. The molecule has 0 aromatic rings. The van der Waals surface area contributed by atoms with Crippen molar-refractivity contribution in [2.45, 2.75) is 26.0 Å². The average molecular weight is 224 g/mol. The molecule has 0 atom stereocenters. The normalized spacial score (nSPS) is 18.2. The number of nitrogens with two attached hydrogens (primary N) is 1. The summed E-state index contributed by atoms with van der Waals surface area (Å²) in [5.41, 5.74) is 5.71. The fourth-order valence-corrected chi connectivity index (χ4v) is 1.17. The van der Waals surface area contributed by atoms with Gasteiger partial charge in [0.05, 0.1) is 0 Å². The molecule has 16 heavy (non-hydrogen) atoms. The van der Waals surface area contributed by atoms with E-state index in [0.717, 1.165) is 13.1 Å². The molecule has 0 bridgehead atoms. The first-order chi connectivity index (χ1) is 7.61. The molecular formula is C11H20N4O. The van der Waals surface area contributed by atoms with Crippen LogP contribution in [0.2, 0.25) is 0 Å². The Morgan fingerprint density at radius 2 is 2.31 bits per heavy atom. The number of nitrogens with one attached hydrogen (secondary N) is 2. The highest BCUT2D eigenvalue weighted by Gasteiger charge is 2.19. The molecular weight excluding hydrogens is 204 g/mol. The van der Waals surface area contributed by atoms with Crippen molar-refractivity contribution >= 4 is 5.96 Å². The smallest absolute Gasteiger partial charge is 0.216 e. The molecule has 0 aromatic carbocycles. The van der Waals surface area contributed by atoms with Gasteiger partial charge in [0, 0.05) is 19.1 Å². The Morgan fingerprint density at radius 1 is 1.62 bits per heavy atom. The third-order valence-corrected chi connectivity index (χ3v) is 1.96. The first-order valence-corrected chi connectivity index (χ1v) is 5.42. The Bertz CT molecular complexity index is 292. The van der Waals surface area contributed by atoms with Crippen LogP contribution in [0.3, 0.4) is 0 Å². The molecule has 4 N–H and O–H groups in total. The third-order valence-electron chi connectivity index (χ3n) is 1.96. The Kier molecular flexibility index (Phi) is 4.85. The van der Waals surface area contributed by atoms with E-state index in [9.17, 15) is 0 Å². The lowest BCUT2D eigenvalue weighted by Crippen LogP contribution is -2.48. The molecule has 0 spiro atoms. The van der Waals surface area contributed by atoms with E-state index in [1.165, 1.54) is 0 Å². The number of ether oxygens (including phenoxy) is 1. The molecule has 1 fully saturated rings. The number of aliphatic imine (C=N–C) groups is 1. The number of hydrogen-bond acceptors (Lipinski definition) is 3. The lowest BCUT2D eigenvalue weighted by molar-refractivity contribution is 0.0702. The highest BCUT2D eigenvalue weighted by molar-refractivity contribution is 5.78. The molecule has 5 nitrogen and oxygen atoms in total. The Balaban J connectivity index is 2.55. The summed E-state index contributed by atoms with van der Waals surface area (Å²) in [6.45, 7) is 9.31. The molecule has 90 valence electrons. The lowest BCUT2D eigenvalue weighted by Gasteiger charge is -2.27. The minimum absolute atomic E-state index is 0.182. The van der Waals surface area contributed by atoms with Gasteiger partial charge >= 0.3 is 0 Å². The number of hydrogen-bond donors (Lipinski definition) is 3. The van der Waals surface area contributed by atoms with Crippen molar-refractivity contribution in [3.8, 4) is 0 Å². The van der Waals surface area contributed by atoms with Crippen LogP contribution in [-0.4, -0.2) is 31.2 Å². The van der Waals surface area contributed by atoms with Crippen LogP contribution in [0.4, 0.5) is 0 Å². The molecule has 0 amide bonds. The van der Waals surface area contributed by atoms with Gasteiger partial charge in [-0.05, 0) is 19.9 Å². The molecule has 0 radical (unpaired) electrons. The fourth-order valence-electron chi connectivity index (χ4n) is 1.17. The first kappa shape index (κ1) is 12.6. The summed E-state index contributed by atoms with van der Waals surface area (Å²) in [6, 6.07) is 0.249. The average Bonchev–Trinajstić information content (AvgIpc) is 2.10. The summed E-state index contributed by atoms with van der Waals surface area (Å²) in [5, 5.41) is 6.12. The van der Waals surface area contributed by atoms with Crippen LogP contribution in [0.1, 0.15) is 13.8 Å². The second kappa shape index (κ2) is 6.17. The van der Waals surface area contributed by atoms with E-state index >= 15 is 0 Å². The largest absolute Gasteiger partial charge is 0.472 e. The van der Waals surface area contributed by atoms with Crippen molar-refractivity contribution in [3.05, 3.63) is 24.6 Å². The second-order valence-corrected chi connectivity index (χ2v) is 3.93. The zero-order chi connectivity index (χ0) is 12.0. The third kappa shape index (κ3) is 4.35. The van der Waals surface area contributed by atoms with Gasteiger partial charge in [0.25, 0.3) is 0 Å². The summed E-state index contributed by atoms with van der Waals surface area (Å²) >= 11 is 0. The van der Waals surface area contributed by atoms with Crippen LogP contribution in [-0.2, 0) is 4.74 Å². The van der Waals surface area contributed by atoms with Crippen LogP contribution in [0.25, 0.3) is 0 Å². The summed E-state index contributed by atoms with van der Waals surface area (Å²) in [5.74, 6) is 0.850. The highest BCUT2D eigenvalue weighted by atomic mass is 16.5. The molecule has 0 unspecified atom stereocenters. The topological polar surface area (TPSA) is 71.7 Å². The van der Waals surface area contributed by atoms with E-state index in [-0.39, 0.29) is 12.1 Å². The Hall–Kier alpha value is -1.49. The van der Waals surface area contributed by atoms with Crippen LogP contribution >= 0.6 is 0 Å². The SMILES string of the molecule is C=C/C=C(\N=C(/N)NC(C)C)OC1CNC1. The number of allylic oxidation sites excluding steroid dienone is 2. The van der Waals surface area contributed by atoms with Gasteiger partial charge in [-0.2, -0.15) is 4.99 Å². The maximum Gasteiger partial charge on any atom is 0.216 e. The Morgan fingerprint density at radius 3 is 2.75 bits per heavy atom. The van der Waals surface area contributed by atoms with Gasteiger partial charge in [0.1, 0.15) is 6.10 Å². The maximum atomic E-state index is 5.71. The predicted octanol–water partition coefficient (Wildman–Crippen LogP) is 0.315. The van der Waals surface area contributed by atoms with Crippen molar-refractivity contribution in [1.82, 2.24) is 10.6 Å². The monoisotopic (exact) mass is 224 g/mol. The van der Waals surface area contributed by atoms with Crippen molar-refractivity contribution in [2.75, 3.05) is 13.1 Å². The minimum atomic E-state index is 0.182. The summed E-state index contributed by atoms with van der Waals surface area (Å²) < 4.78 is 5.60. The molecule has 1 aliphatic heterocycles. The molecule has 1 heterocycles. The van der Waals surface area contributed by atoms with Crippen LogP contribution in [0.15, 0.2) is 29.6 Å². The standard InChI is InChI=1S/C11H20N4O/c1-4-5-10(16-9-6-13-7-9)15-11(12)14-8(2)3/h4-5,8-9,13H,1,6-7H2,2-3H3,(H3,12,14,15)/b10-5+. The zero-order valence-electron chi connectivity index (χ0n) is 9.86. The van der Waals surface area contributed by atoms with E-state index in [1.54, 1.807) is 12.2 Å². The van der Waals surface area contributed by atoms with E-state index in [1.807, 2.05) is 13.8 Å².